The number of hydrogen-bond donors (Lipinski definition) is 1. The van der Waals surface area contributed by atoms with Crippen LogP contribution in [0.3, 0.4) is 0 Å². The van der Waals surface area contributed by atoms with Gasteiger partial charge in [-0.15, -0.1) is 0 Å². The van der Waals surface area contributed by atoms with Gasteiger partial charge in [-0.25, -0.2) is 8.42 Å². The average Bonchev–Trinajstić information content (AvgIpc) is 2.81. The molecule has 186 valence electrons. The van der Waals surface area contributed by atoms with Crippen molar-refractivity contribution < 1.29 is 13.2 Å². The third-order valence-electron chi connectivity index (χ3n) is 5.52. The fourth-order valence-corrected chi connectivity index (χ4v) is 6.34. The molecule has 0 aliphatic carbocycles. The van der Waals surface area contributed by atoms with E-state index in [2.05, 4.69) is 5.32 Å². The lowest BCUT2D eigenvalue weighted by molar-refractivity contribution is -0.119. The Bertz CT molecular complexity index is 1260. The molecule has 0 aromatic heterocycles. The van der Waals surface area contributed by atoms with Gasteiger partial charge in [0.1, 0.15) is 6.54 Å². The van der Waals surface area contributed by atoms with Crippen LogP contribution in [0.5, 0.6) is 0 Å². The Morgan fingerprint density at radius 3 is 2.34 bits per heavy atom. The first-order valence-electron chi connectivity index (χ1n) is 11.4. The quantitative estimate of drug-likeness (QED) is 0.313. The highest BCUT2D eigenvalue weighted by Crippen LogP contribution is 2.28. The molecule has 0 fully saturated rings. The van der Waals surface area contributed by atoms with Crippen LogP contribution < -0.4 is 9.62 Å². The number of sulfonamides is 1. The lowest BCUT2D eigenvalue weighted by Gasteiger charge is -2.26. The molecule has 0 saturated heterocycles. The first kappa shape index (κ1) is 27.1. The van der Waals surface area contributed by atoms with Gasteiger partial charge in [0.15, 0.2) is 0 Å². The lowest BCUT2D eigenvalue weighted by atomic mass is 10.1. The number of carbonyl (C=O) groups excluding carboxylic acids is 1. The number of nitrogens with zero attached hydrogens (tertiary/aromatic N) is 1. The summed E-state index contributed by atoms with van der Waals surface area (Å²) in [4.78, 5) is 13.0. The minimum atomic E-state index is -3.92. The minimum Gasteiger partial charge on any atom is -0.354 e. The number of hydrogen-bond acceptors (Lipinski definition) is 4. The zero-order valence-corrected chi connectivity index (χ0v) is 22.6. The summed E-state index contributed by atoms with van der Waals surface area (Å²) >= 11 is 7.94. The molecule has 8 heteroatoms. The van der Waals surface area contributed by atoms with Crippen molar-refractivity contribution in [3.8, 4) is 0 Å². The first-order chi connectivity index (χ1) is 16.7. The molecule has 1 amide bonds. The lowest BCUT2D eigenvalue weighted by Crippen LogP contribution is -2.41. The number of carbonyl (C=O) groups is 1. The third kappa shape index (κ3) is 7.50. The number of nitrogens with one attached hydrogen (secondary N) is 1. The summed E-state index contributed by atoms with van der Waals surface area (Å²) in [6.07, 6.45) is 0.773. The van der Waals surface area contributed by atoms with Crippen molar-refractivity contribution in [1.29, 1.82) is 0 Å². The van der Waals surface area contributed by atoms with Gasteiger partial charge in [-0.3, -0.25) is 9.10 Å². The standard InChI is InChI=1S/C27H31ClN2O3S2/c1-20-9-12-24(13-10-20)35(32,33)30(26-14-11-21(2)17-22(26)3)18-27(31)29-15-6-16-34-19-23-7-4-5-8-25(23)28/h4-5,7-14,17H,6,15-16,18-19H2,1-3H3,(H,29,31). The molecule has 0 bridgehead atoms. The van der Waals surface area contributed by atoms with Crippen molar-refractivity contribution in [2.24, 2.45) is 0 Å². The van der Waals surface area contributed by atoms with E-state index in [4.69, 9.17) is 11.6 Å². The fourth-order valence-electron chi connectivity index (χ4n) is 3.61. The Kier molecular flexibility index (Phi) is 9.66. The van der Waals surface area contributed by atoms with E-state index in [-0.39, 0.29) is 17.3 Å². The average molecular weight is 531 g/mol. The maximum absolute atomic E-state index is 13.5. The van der Waals surface area contributed by atoms with Crippen LogP contribution in [-0.2, 0) is 20.6 Å². The summed E-state index contributed by atoms with van der Waals surface area (Å²) < 4.78 is 28.3. The van der Waals surface area contributed by atoms with Crippen LogP contribution in [0.4, 0.5) is 5.69 Å². The summed E-state index contributed by atoms with van der Waals surface area (Å²) in [5.74, 6) is 1.33. The van der Waals surface area contributed by atoms with E-state index in [0.717, 1.165) is 45.2 Å². The number of halogens is 1. The Morgan fingerprint density at radius 1 is 0.971 bits per heavy atom. The van der Waals surface area contributed by atoms with Gasteiger partial charge >= 0.3 is 0 Å². The summed E-state index contributed by atoms with van der Waals surface area (Å²) in [6, 6.07) is 20.0. The number of benzene rings is 3. The fraction of sp³-hybridized carbons (Fsp3) is 0.296. The van der Waals surface area contributed by atoms with E-state index in [1.54, 1.807) is 42.1 Å². The molecule has 0 heterocycles. The second kappa shape index (κ2) is 12.5. The maximum atomic E-state index is 13.5. The van der Waals surface area contributed by atoms with Crippen LogP contribution in [0.1, 0.15) is 28.7 Å². The largest absolute Gasteiger partial charge is 0.354 e. The van der Waals surface area contributed by atoms with Gasteiger partial charge in [0.2, 0.25) is 5.91 Å². The van der Waals surface area contributed by atoms with Gasteiger partial charge in [-0.1, -0.05) is 65.2 Å². The SMILES string of the molecule is Cc1ccc(S(=O)(=O)N(CC(=O)NCCCSCc2ccccc2Cl)c2ccc(C)cc2C)cc1. The zero-order chi connectivity index (χ0) is 25.4. The van der Waals surface area contributed by atoms with E-state index in [9.17, 15) is 13.2 Å². The molecule has 35 heavy (non-hydrogen) atoms. The zero-order valence-electron chi connectivity index (χ0n) is 20.3. The van der Waals surface area contributed by atoms with Crippen LogP contribution in [0.2, 0.25) is 5.02 Å². The molecule has 3 aromatic carbocycles. The normalized spacial score (nSPS) is 11.3. The van der Waals surface area contributed by atoms with Gasteiger partial charge in [-0.05, 0) is 68.3 Å². The van der Waals surface area contributed by atoms with E-state index >= 15 is 0 Å². The van der Waals surface area contributed by atoms with Crippen LogP contribution in [0.15, 0.2) is 71.6 Å². The molecule has 3 aromatic rings. The van der Waals surface area contributed by atoms with Gasteiger partial charge in [0.05, 0.1) is 10.6 Å². The van der Waals surface area contributed by atoms with Crippen molar-refractivity contribution in [2.45, 2.75) is 37.8 Å². The van der Waals surface area contributed by atoms with E-state index in [1.807, 2.05) is 57.2 Å². The summed E-state index contributed by atoms with van der Waals surface area (Å²) in [5, 5.41) is 3.63. The van der Waals surface area contributed by atoms with E-state index in [0.29, 0.717) is 12.2 Å². The maximum Gasteiger partial charge on any atom is 0.264 e. The molecular formula is C27H31ClN2O3S2. The monoisotopic (exact) mass is 530 g/mol. The predicted molar refractivity (Wildman–Crippen MR) is 147 cm³/mol. The molecule has 0 aliphatic heterocycles. The second-order valence-electron chi connectivity index (χ2n) is 8.46. The van der Waals surface area contributed by atoms with Gasteiger partial charge in [0, 0.05) is 17.3 Å². The molecule has 3 rings (SSSR count). The third-order valence-corrected chi connectivity index (χ3v) is 8.76. The van der Waals surface area contributed by atoms with Gasteiger partial charge < -0.3 is 5.32 Å². The van der Waals surface area contributed by atoms with Crippen molar-refractivity contribution >= 4 is 45.0 Å². The molecule has 1 N–H and O–H groups in total. The number of amides is 1. The van der Waals surface area contributed by atoms with Crippen molar-refractivity contribution in [1.82, 2.24) is 5.32 Å². The molecular weight excluding hydrogens is 500 g/mol. The number of anilines is 1. The molecule has 0 unspecified atom stereocenters. The van der Waals surface area contributed by atoms with E-state index in [1.165, 1.54) is 4.31 Å². The molecule has 5 nitrogen and oxygen atoms in total. The summed E-state index contributed by atoms with van der Waals surface area (Å²) in [7, 11) is -3.92. The van der Waals surface area contributed by atoms with Crippen LogP contribution >= 0.6 is 23.4 Å². The Hall–Kier alpha value is -2.48. The molecule has 0 aliphatic rings. The van der Waals surface area contributed by atoms with Crippen molar-refractivity contribution in [2.75, 3.05) is 23.1 Å². The highest BCUT2D eigenvalue weighted by Gasteiger charge is 2.28. The molecule has 0 saturated carbocycles. The topological polar surface area (TPSA) is 66.5 Å². The smallest absolute Gasteiger partial charge is 0.264 e. The highest BCUT2D eigenvalue weighted by molar-refractivity contribution is 7.98. The van der Waals surface area contributed by atoms with Crippen LogP contribution in [0.25, 0.3) is 0 Å². The minimum absolute atomic E-state index is 0.159. The van der Waals surface area contributed by atoms with Crippen molar-refractivity contribution in [3.05, 3.63) is 94.0 Å². The Labute approximate surface area is 217 Å². The summed E-state index contributed by atoms with van der Waals surface area (Å²) in [6.45, 7) is 5.89. The molecule has 0 spiro atoms. The number of aryl methyl sites for hydroxylation is 3. The van der Waals surface area contributed by atoms with Crippen molar-refractivity contribution in [3.63, 3.8) is 0 Å². The highest BCUT2D eigenvalue weighted by atomic mass is 35.5. The van der Waals surface area contributed by atoms with Gasteiger partial charge in [0.25, 0.3) is 10.0 Å². The number of rotatable bonds is 11. The summed E-state index contributed by atoms with van der Waals surface area (Å²) in [5.41, 5.74) is 4.38. The van der Waals surface area contributed by atoms with E-state index < -0.39 is 10.0 Å². The van der Waals surface area contributed by atoms with Crippen LogP contribution in [0, 0.1) is 20.8 Å². The molecule has 0 atom stereocenters. The number of thioether (sulfide) groups is 1. The Morgan fingerprint density at radius 2 is 1.66 bits per heavy atom. The van der Waals surface area contributed by atoms with Gasteiger partial charge in [-0.2, -0.15) is 11.8 Å². The van der Waals surface area contributed by atoms with Crippen LogP contribution in [-0.4, -0.2) is 33.2 Å². The Balaban J connectivity index is 1.63. The second-order valence-corrected chi connectivity index (χ2v) is 11.8. The predicted octanol–water partition coefficient (Wildman–Crippen LogP) is 5.90. The first-order valence-corrected chi connectivity index (χ1v) is 14.4. The molecule has 0 radical (unpaired) electrons.